The van der Waals surface area contributed by atoms with Crippen molar-refractivity contribution >= 4 is 22.8 Å². The molecule has 0 amide bonds. The maximum Gasteiger partial charge on any atom is 0.123 e. The van der Waals surface area contributed by atoms with E-state index in [1.54, 1.807) is 23.9 Å². The zero-order valence-corrected chi connectivity index (χ0v) is 11.8. The molecular weight excluding hydrogens is 271 g/mol. The summed E-state index contributed by atoms with van der Waals surface area (Å²) >= 11 is 1.64. The van der Waals surface area contributed by atoms with Gasteiger partial charge in [0.05, 0.1) is 22.4 Å². The molecule has 3 aromatic rings. The van der Waals surface area contributed by atoms with Gasteiger partial charge in [-0.2, -0.15) is 0 Å². The highest BCUT2D eigenvalue weighted by atomic mass is 32.2. The van der Waals surface area contributed by atoms with Crippen molar-refractivity contribution in [1.29, 1.82) is 0 Å². The van der Waals surface area contributed by atoms with E-state index in [0.29, 0.717) is 0 Å². The Hall–Kier alpha value is -1.94. The molecule has 100 valence electrons. The number of aryl methyl sites for hydroxylation is 1. The first kappa shape index (κ1) is 13.1. The molecule has 3 rings (SSSR count). The fourth-order valence-electron chi connectivity index (χ4n) is 1.94. The Bertz CT molecular complexity index is 741. The Balaban J connectivity index is 1.83. The van der Waals surface area contributed by atoms with Crippen molar-refractivity contribution in [3.05, 3.63) is 65.7 Å². The van der Waals surface area contributed by atoms with Crippen LogP contribution in [0.5, 0.6) is 0 Å². The molecular formula is C16H13FN2S. The fraction of sp³-hybridized carbons (Fsp3) is 0.125. The third kappa shape index (κ3) is 2.80. The second-order valence-corrected chi connectivity index (χ2v) is 5.54. The van der Waals surface area contributed by atoms with Crippen molar-refractivity contribution in [3.8, 4) is 0 Å². The summed E-state index contributed by atoms with van der Waals surface area (Å²) in [6.07, 6.45) is 0. The number of thioether (sulfide) groups is 1. The standard InChI is InChI=1S/C16H13FN2S/c1-11-16(10-20-13-8-6-12(17)7-9-13)19-15-5-3-2-4-14(15)18-11/h2-9H,10H2,1H3. The number of halogens is 1. The second-order valence-electron chi connectivity index (χ2n) is 4.49. The maximum atomic E-state index is 12.9. The predicted octanol–water partition coefficient (Wildman–Crippen LogP) is 4.37. The molecule has 0 atom stereocenters. The summed E-state index contributed by atoms with van der Waals surface area (Å²) in [5.41, 5.74) is 3.74. The van der Waals surface area contributed by atoms with Crippen LogP contribution in [-0.2, 0) is 5.75 Å². The van der Waals surface area contributed by atoms with Crippen molar-refractivity contribution in [2.24, 2.45) is 0 Å². The Kier molecular flexibility index (Phi) is 3.65. The third-order valence-corrected chi connectivity index (χ3v) is 4.06. The highest BCUT2D eigenvalue weighted by Gasteiger charge is 2.05. The number of aromatic nitrogens is 2. The van der Waals surface area contributed by atoms with Crippen LogP contribution in [0.4, 0.5) is 4.39 Å². The van der Waals surface area contributed by atoms with Gasteiger partial charge in [-0.3, -0.25) is 0 Å². The summed E-state index contributed by atoms with van der Waals surface area (Å²) in [6.45, 7) is 1.97. The van der Waals surface area contributed by atoms with Gasteiger partial charge in [0.15, 0.2) is 0 Å². The zero-order chi connectivity index (χ0) is 13.9. The number of para-hydroxylation sites is 2. The van der Waals surface area contributed by atoms with E-state index in [2.05, 4.69) is 9.97 Å². The van der Waals surface area contributed by atoms with Crippen LogP contribution >= 0.6 is 11.8 Å². The van der Waals surface area contributed by atoms with E-state index in [1.165, 1.54) is 12.1 Å². The van der Waals surface area contributed by atoms with Gasteiger partial charge < -0.3 is 0 Å². The Morgan fingerprint density at radius 1 is 0.950 bits per heavy atom. The highest BCUT2D eigenvalue weighted by molar-refractivity contribution is 7.98. The van der Waals surface area contributed by atoms with Crippen LogP contribution in [0, 0.1) is 12.7 Å². The number of hydrogen-bond donors (Lipinski definition) is 0. The highest BCUT2D eigenvalue weighted by Crippen LogP contribution is 2.24. The molecule has 2 aromatic carbocycles. The van der Waals surface area contributed by atoms with Gasteiger partial charge in [-0.15, -0.1) is 11.8 Å². The van der Waals surface area contributed by atoms with Crippen LogP contribution < -0.4 is 0 Å². The lowest BCUT2D eigenvalue weighted by Crippen LogP contribution is -1.96. The van der Waals surface area contributed by atoms with Crippen LogP contribution in [0.25, 0.3) is 11.0 Å². The molecule has 0 unspecified atom stereocenters. The van der Waals surface area contributed by atoms with Crippen LogP contribution in [0.15, 0.2) is 53.4 Å². The molecule has 20 heavy (non-hydrogen) atoms. The van der Waals surface area contributed by atoms with Gasteiger partial charge >= 0.3 is 0 Å². The normalized spacial score (nSPS) is 10.9. The number of fused-ring (bicyclic) bond motifs is 1. The Morgan fingerprint density at radius 2 is 1.60 bits per heavy atom. The van der Waals surface area contributed by atoms with Gasteiger partial charge in [-0.1, -0.05) is 12.1 Å². The molecule has 1 heterocycles. The molecule has 0 aliphatic heterocycles. The van der Waals surface area contributed by atoms with Gasteiger partial charge in [0, 0.05) is 10.6 Å². The lowest BCUT2D eigenvalue weighted by Gasteiger charge is -2.06. The lowest BCUT2D eigenvalue weighted by atomic mass is 10.2. The molecule has 0 fully saturated rings. The van der Waals surface area contributed by atoms with E-state index >= 15 is 0 Å². The minimum Gasteiger partial charge on any atom is -0.250 e. The van der Waals surface area contributed by atoms with E-state index in [9.17, 15) is 4.39 Å². The van der Waals surface area contributed by atoms with E-state index in [1.807, 2.05) is 31.2 Å². The summed E-state index contributed by atoms with van der Waals surface area (Å²) in [5, 5.41) is 0. The molecule has 0 N–H and O–H groups in total. The zero-order valence-electron chi connectivity index (χ0n) is 11.0. The van der Waals surface area contributed by atoms with Gasteiger partial charge in [0.1, 0.15) is 5.82 Å². The molecule has 0 saturated heterocycles. The number of hydrogen-bond acceptors (Lipinski definition) is 3. The summed E-state index contributed by atoms with van der Waals surface area (Å²) < 4.78 is 12.9. The molecule has 0 aliphatic rings. The number of rotatable bonds is 3. The Labute approximate surface area is 121 Å². The average Bonchev–Trinajstić information content (AvgIpc) is 2.47. The van der Waals surface area contributed by atoms with E-state index in [-0.39, 0.29) is 5.82 Å². The maximum absolute atomic E-state index is 12.9. The summed E-state index contributed by atoms with van der Waals surface area (Å²) in [5.74, 6) is 0.519. The monoisotopic (exact) mass is 284 g/mol. The minimum absolute atomic E-state index is 0.212. The third-order valence-electron chi connectivity index (χ3n) is 3.03. The van der Waals surface area contributed by atoms with Gasteiger partial charge in [-0.25, -0.2) is 14.4 Å². The summed E-state index contributed by atoms with van der Waals surface area (Å²) in [7, 11) is 0. The topological polar surface area (TPSA) is 25.8 Å². The van der Waals surface area contributed by atoms with Gasteiger partial charge in [0.25, 0.3) is 0 Å². The number of benzene rings is 2. The van der Waals surface area contributed by atoms with Crippen molar-refractivity contribution < 1.29 is 4.39 Å². The van der Waals surface area contributed by atoms with Crippen molar-refractivity contribution in [2.75, 3.05) is 0 Å². The quantitative estimate of drug-likeness (QED) is 0.668. The fourth-order valence-corrected chi connectivity index (χ4v) is 2.85. The van der Waals surface area contributed by atoms with E-state index in [0.717, 1.165) is 33.1 Å². The van der Waals surface area contributed by atoms with Crippen molar-refractivity contribution in [3.63, 3.8) is 0 Å². The molecule has 0 radical (unpaired) electrons. The Morgan fingerprint density at radius 3 is 2.30 bits per heavy atom. The first-order valence-corrected chi connectivity index (χ1v) is 7.31. The average molecular weight is 284 g/mol. The van der Waals surface area contributed by atoms with Gasteiger partial charge in [0.2, 0.25) is 0 Å². The molecule has 4 heteroatoms. The lowest BCUT2D eigenvalue weighted by molar-refractivity contribution is 0.626. The molecule has 0 aliphatic carbocycles. The first-order valence-electron chi connectivity index (χ1n) is 6.33. The van der Waals surface area contributed by atoms with Crippen LogP contribution in [0.1, 0.15) is 11.4 Å². The van der Waals surface area contributed by atoms with Crippen LogP contribution in [0.3, 0.4) is 0 Å². The van der Waals surface area contributed by atoms with E-state index in [4.69, 9.17) is 0 Å². The SMILES string of the molecule is Cc1nc2ccccc2nc1CSc1ccc(F)cc1. The second kappa shape index (κ2) is 5.59. The van der Waals surface area contributed by atoms with Crippen molar-refractivity contribution in [1.82, 2.24) is 9.97 Å². The smallest absolute Gasteiger partial charge is 0.123 e. The first-order chi connectivity index (χ1) is 9.72. The van der Waals surface area contributed by atoms with E-state index < -0.39 is 0 Å². The predicted molar refractivity (Wildman–Crippen MR) is 80.2 cm³/mol. The molecule has 0 saturated carbocycles. The number of nitrogens with zero attached hydrogens (tertiary/aromatic N) is 2. The summed E-state index contributed by atoms with van der Waals surface area (Å²) in [4.78, 5) is 10.2. The molecule has 0 spiro atoms. The van der Waals surface area contributed by atoms with Crippen LogP contribution in [-0.4, -0.2) is 9.97 Å². The largest absolute Gasteiger partial charge is 0.250 e. The van der Waals surface area contributed by atoms with Crippen molar-refractivity contribution in [2.45, 2.75) is 17.6 Å². The molecule has 2 nitrogen and oxygen atoms in total. The molecule has 1 aromatic heterocycles. The minimum atomic E-state index is -0.212. The van der Waals surface area contributed by atoms with Crippen LogP contribution in [0.2, 0.25) is 0 Å². The summed E-state index contributed by atoms with van der Waals surface area (Å²) in [6, 6.07) is 14.4. The van der Waals surface area contributed by atoms with Gasteiger partial charge in [-0.05, 0) is 43.3 Å². The molecule has 0 bridgehead atoms.